The molecule has 0 aliphatic rings. The first-order valence-electron chi connectivity index (χ1n) is 6.17. The molecular weight excluding hydrogens is 547 g/mol. The Morgan fingerprint density at radius 2 is 1.78 bits per heavy atom. The van der Waals surface area contributed by atoms with Gasteiger partial charge in [0.05, 0.1) is 10.1 Å². The van der Waals surface area contributed by atoms with Crippen LogP contribution in [0.25, 0.3) is 0 Å². The zero-order valence-electron chi connectivity index (χ0n) is 11.6. The number of aryl methyl sites for hydroxylation is 1. The average molecular weight is 557 g/mol. The lowest BCUT2D eigenvalue weighted by molar-refractivity contribution is -0.292. The largest absolute Gasteiger partial charge is 0.459 e. The monoisotopic (exact) mass is 557 g/mol. The van der Waals surface area contributed by atoms with Crippen LogP contribution in [-0.2, 0) is 12.5 Å². The third-order valence-corrected chi connectivity index (χ3v) is 5.98. The number of nitrogens with zero attached hydrogens (tertiary/aromatic N) is 2. The fourth-order valence-corrected chi connectivity index (χ4v) is 3.21. The molecule has 23 heavy (non-hydrogen) atoms. The van der Waals surface area contributed by atoms with E-state index in [2.05, 4.69) is 5.10 Å². The smallest absolute Gasteiger partial charge is 0.399 e. The van der Waals surface area contributed by atoms with Crippen LogP contribution in [0.3, 0.4) is 0 Å². The number of halogens is 7. The van der Waals surface area contributed by atoms with Gasteiger partial charge in [-0.3, -0.25) is 4.68 Å². The summed E-state index contributed by atoms with van der Waals surface area (Å²) in [4.78, 5) is 0. The predicted molar refractivity (Wildman–Crippen MR) is 92.3 cm³/mol. The Kier molecular flexibility index (Phi) is 5.14. The highest BCUT2D eigenvalue weighted by Gasteiger charge is 2.61. The van der Waals surface area contributed by atoms with Crippen molar-refractivity contribution in [2.75, 3.05) is 5.73 Å². The minimum absolute atomic E-state index is 0.0919. The summed E-state index contributed by atoms with van der Waals surface area (Å²) in [5.74, 6) is -4.98. The van der Waals surface area contributed by atoms with Gasteiger partial charge in [0.25, 0.3) is 0 Å². The standard InChI is InChI=1S/C13H10F5I2N3/c1-6-4-7(2-3-8(6)21)5-23-10(9(19)11(20)22-23)12(14,15)13(16,17)18/h2-4H,5,21H2,1H3. The minimum Gasteiger partial charge on any atom is -0.399 e. The SMILES string of the molecule is Cc1cc(Cn2nc(I)c(I)c2C(F)(F)C(F)(F)F)ccc1N. The normalized spacial score (nSPS) is 12.7. The van der Waals surface area contributed by atoms with Crippen LogP contribution >= 0.6 is 45.2 Å². The summed E-state index contributed by atoms with van der Waals surface area (Å²) in [5.41, 5.74) is 6.28. The molecule has 0 saturated carbocycles. The van der Waals surface area contributed by atoms with E-state index in [1.165, 1.54) is 22.6 Å². The summed E-state index contributed by atoms with van der Waals surface area (Å²) in [6.07, 6.45) is -5.69. The van der Waals surface area contributed by atoms with Crippen molar-refractivity contribution in [1.82, 2.24) is 9.78 Å². The molecule has 0 spiro atoms. The van der Waals surface area contributed by atoms with E-state index in [0.717, 1.165) is 0 Å². The molecule has 0 radical (unpaired) electrons. The molecule has 1 heterocycles. The van der Waals surface area contributed by atoms with Crippen molar-refractivity contribution in [1.29, 1.82) is 0 Å². The Morgan fingerprint density at radius 1 is 1.17 bits per heavy atom. The zero-order valence-corrected chi connectivity index (χ0v) is 15.9. The van der Waals surface area contributed by atoms with E-state index in [1.54, 1.807) is 47.7 Å². The molecule has 0 aliphatic carbocycles. The van der Waals surface area contributed by atoms with Gasteiger partial charge in [-0.25, -0.2) is 0 Å². The Bertz CT molecular complexity index is 740. The third-order valence-electron chi connectivity index (χ3n) is 3.18. The first kappa shape index (κ1) is 18.7. The second kappa shape index (κ2) is 6.33. The molecule has 2 rings (SSSR count). The molecule has 0 saturated heterocycles. The van der Waals surface area contributed by atoms with E-state index in [4.69, 9.17) is 5.73 Å². The van der Waals surface area contributed by atoms with Gasteiger partial charge >= 0.3 is 12.1 Å². The molecule has 0 amide bonds. The second-order valence-corrected chi connectivity index (χ2v) is 6.97. The van der Waals surface area contributed by atoms with E-state index < -0.39 is 17.8 Å². The summed E-state index contributed by atoms with van der Waals surface area (Å²) in [6.45, 7) is 1.52. The van der Waals surface area contributed by atoms with E-state index in [9.17, 15) is 22.0 Å². The Balaban J connectivity index is 2.52. The summed E-state index contributed by atoms with van der Waals surface area (Å²) in [6, 6.07) is 4.77. The molecule has 2 aromatic rings. The average Bonchev–Trinajstić information content (AvgIpc) is 2.68. The van der Waals surface area contributed by atoms with Gasteiger partial charge in [0.15, 0.2) is 0 Å². The van der Waals surface area contributed by atoms with Gasteiger partial charge in [-0.1, -0.05) is 12.1 Å². The van der Waals surface area contributed by atoms with Gasteiger partial charge in [-0.05, 0) is 69.3 Å². The molecular formula is C13H10F5I2N3. The maximum Gasteiger partial charge on any atom is 0.459 e. The van der Waals surface area contributed by atoms with Gasteiger partial charge in [0.2, 0.25) is 0 Å². The Labute approximate surface area is 155 Å². The van der Waals surface area contributed by atoms with Gasteiger partial charge in [0.1, 0.15) is 9.39 Å². The highest BCUT2D eigenvalue weighted by molar-refractivity contribution is 14.1. The first-order valence-corrected chi connectivity index (χ1v) is 8.32. The fourth-order valence-electron chi connectivity index (χ4n) is 1.97. The molecule has 1 aromatic heterocycles. The number of rotatable bonds is 3. The fraction of sp³-hybridized carbons (Fsp3) is 0.308. The van der Waals surface area contributed by atoms with E-state index in [0.29, 0.717) is 21.5 Å². The van der Waals surface area contributed by atoms with Crippen molar-refractivity contribution in [3.05, 3.63) is 42.3 Å². The van der Waals surface area contributed by atoms with Crippen LogP contribution in [0.2, 0.25) is 0 Å². The summed E-state index contributed by atoms with van der Waals surface area (Å²) in [7, 11) is 0. The molecule has 0 unspecified atom stereocenters. The topological polar surface area (TPSA) is 43.8 Å². The number of hydrogen-bond acceptors (Lipinski definition) is 2. The maximum atomic E-state index is 13.8. The molecule has 10 heteroatoms. The highest BCUT2D eigenvalue weighted by atomic mass is 127. The minimum atomic E-state index is -5.69. The molecule has 0 fully saturated rings. The molecule has 0 aliphatic heterocycles. The van der Waals surface area contributed by atoms with Gasteiger partial charge in [0, 0.05) is 5.69 Å². The maximum absolute atomic E-state index is 13.8. The molecule has 126 valence electrons. The number of alkyl halides is 5. The number of aromatic nitrogens is 2. The summed E-state index contributed by atoms with van der Waals surface area (Å²) >= 11 is 3.09. The van der Waals surface area contributed by atoms with Crippen LogP contribution in [-0.4, -0.2) is 16.0 Å². The quantitative estimate of drug-likeness (QED) is 0.339. The number of nitrogens with two attached hydrogens (primary N) is 1. The zero-order chi connectivity index (χ0) is 17.6. The van der Waals surface area contributed by atoms with Gasteiger partial charge < -0.3 is 5.73 Å². The van der Waals surface area contributed by atoms with Crippen LogP contribution in [0.1, 0.15) is 16.8 Å². The van der Waals surface area contributed by atoms with Gasteiger partial charge in [-0.2, -0.15) is 27.1 Å². The second-order valence-electron chi connectivity index (χ2n) is 4.87. The number of benzene rings is 1. The van der Waals surface area contributed by atoms with Crippen molar-refractivity contribution in [3.8, 4) is 0 Å². The van der Waals surface area contributed by atoms with E-state index >= 15 is 0 Å². The number of anilines is 1. The van der Waals surface area contributed by atoms with Crippen LogP contribution in [0.5, 0.6) is 0 Å². The lowest BCUT2D eigenvalue weighted by Gasteiger charge is -2.21. The van der Waals surface area contributed by atoms with Crippen LogP contribution in [0, 0.1) is 14.2 Å². The number of nitrogen functional groups attached to an aromatic ring is 1. The van der Waals surface area contributed by atoms with Crippen LogP contribution in [0.15, 0.2) is 18.2 Å². The molecule has 3 nitrogen and oxygen atoms in total. The van der Waals surface area contributed by atoms with Crippen molar-refractivity contribution in [2.24, 2.45) is 0 Å². The Hall–Kier alpha value is -0.660. The molecule has 0 bridgehead atoms. The predicted octanol–water partition coefficient (Wildman–Crippen LogP) is 4.69. The summed E-state index contributed by atoms with van der Waals surface area (Å²) in [5, 5.41) is 3.82. The highest BCUT2D eigenvalue weighted by Crippen LogP contribution is 2.46. The van der Waals surface area contributed by atoms with E-state index in [1.807, 2.05) is 0 Å². The lowest BCUT2D eigenvalue weighted by atomic mass is 10.1. The van der Waals surface area contributed by atoms with Crippen molar-refractivity contribution >= 4 is 50.9 Å². The van der Waals surface area contributed by atoms with Crippen LogP contribution in [0.4, 0.5) is 27.6 Å². The molecule has 2 N–H and O–H groups in total. The lowest BCUT2D eigenvalue weighted by Crippen LogP contribution is -2.36. The first-order chi connectivity index (χ1) is 10.4. The summed E-state index contributed by atoms with van der Waals surface area (Å²) < 4.78 is 66.4. The van der Waals surface area contributed by atoms with E-state index in [-0.39, 0.29) is 13.8 Å². The Morgan fingerprint density at radius 3 is 2.30 bits per heavy atom. The molecule has 1 aromatic carbocycles. The van der Waals surface area contributed by atoms with Crippen molar-refractivity contribution < 1.29 is 22.0 Å². The molecule has 0 atom stereocenters. The van der Waals surface area contributed by atoms with Crippen LogP contribution < -0.4 is 5.73 Å². The third kappa shape index (κ3) is 3.56. The van der Waals surface area contributed by atoms with Gasteiger partial charge in [-0.15, -0.1) is 0 Å². The number of hydrogen-bond donors (Lipinski definition) is 1. The van der Waals surface area contributed by atoms with Crippen molar-refractivity contribution in [2.45, 2.75) is 25.6 Å². The van der Waals surface area contributed by atoms with Crippen molar-refractivity contribution in [3.63, 3.8) is 0 Å².